The number of nitriles is 1. The van der Waals surface area contributed by atoms with Crippen LogP contribution in [-0.4, -0.2) is 17.6 Å². The number of nitrogens with zero attached hydrogens (tertiary/aromatic N) is 1. The summed E-state index contributed by atoms with van der Waals surface area (Å²) in [6.07, 6.45) is 1.67. The smallest absolute Gasteiger partial charge is 0.303 e. The fourth-order valence-corrected chi connectivity index (χ4v) is 2.00. The van der Waals surface area contributed by atoms with Gasteiger partial charge in [0, 0.05) is 13.0 Å². The summed E-state index contributed by atoms with van der Waals surface area (Å²) in [7, 11) is 0. The lowest BCUT2D eigenvalue weighted by molar-refractivity contribution is -0.137. The summed E-state index contributed by atoms with van der Waals surface area (Å²) in [6.45, 7) is 5.39. The largest absolute Gasteiger partial charge is 0.481 e. The van der Waals surface area contributed by atoms with Crippen LogP contribution in [0.1, 0.15) is 44.2 Å². The SMILES string of the molecule is CC(C)(CCNCc1ccc(F)c(C#N)c1)CCC(=O)O. The standard InChI is InChI=1S/C16H21FN2O2/c1-16(2,6-5-15(20)21)7-8-19-11-12-3-4-14(17)13(9-12)10-18/h3-4,9,19H,5-8,11H2,1-2H3,(H,20,21). The van der Waals surface area contributed by atoms with Gasteiger partial charge < -0.3 is 10.4 Å². The van der Waals surface area contributed by atoms with Gasteiger partial charge in [-0.1, -0.05) is 19.9 Å². The first-order valence-corrected chi connectivity index (χ1v) is 6.95. The van der Waals surface area contributed by atoms with E-state index in [-0.39, 0.29) is 17.4 Å². The van der Waals surface area contributed by atoms with Crippen molar-refractivity contribution in [2.24, 2.45) is 5.41 Å². The molecule has 0 aliphatic heterocycles. The fraction of sp³-hybridized carbons (Fsp3) is 0.500. The molecule has 114 valence electrons. The molecule has 5 heteroatoms. The monoisotopic (exact) mass is 292 g/mol. The molecule has 0 bridgehead atoms. The van der Waals surface area contributed by atoms with E-state index in [1.807, 2.05) is 19.9 Å². The second kappa shape index (κ2) is 7.75. The molecular weight excluding hydrogens is 271 g/mol. The number of benzene rings is 1. The molecular formula is C16H21FN2O2. The van der Waals surface area contributed by atoms with E-state index in [1.54, 1.807) is 6.07 Å². The zero-order valence-corrected chi connectivity index (χ0v) is 12.4. The van der Waals surface area contributed by atoms with E-state index in [9.17, 15) is 9.18 Å². The Balaban J connectivity index is 2.37. The first-order chi connectivity index (χ1) is 9.84. The van der Waals surface area contributed by atoms with Crippen LogP contribution < -0.4 is 5.32 Å². The number of aliphatic carboxylic acids is 1. The van der Waals surface area contributed by atoms with Gasteiger partial charge >= 0.3 is 5.97 Å². The van der Waals surface area contributed by atoms with Crippen LogP contribution in [0.3, 0.4) is 0 Å². The van der Waals surface area contributed by atoms with Crippen molar-refractivity contribution in [2.75, 3.05) is 6.54 Å². The van der Waals surface area contributed by atoms with Crippen molar-refractivity contribution in [1.82, 2.24) is 5.32 Å². The van der Waals surface area contributed by atoms with Crippen LogP contribution in [0.2, 0.25) is 0 Å². The average molecular weight is 292 g/mol. The predicted octanol–water partition coefficient (Wildman–Crippen LogP) is 3.07. The highest BCUT2D eigenvalue weighted by atomic mass is 19.1. The summed E-state index contributed by atoms with van der Waals surface area (Å²) in [5.74, 6) is -1.28. The summed E-state index contributed by atoms with van der Waals surface area (Å²) >= 11 is 0. The molecule has 21 heavy (non-hydrogen) atoms. The third kappa shape index (κ3) is 6.37. The lowest BCUT2D eigenvalue weighted by Crippen LogP contribution is -2.23. The number of carboxylic acid groups (broad SMARTS) is 1. The lowest BCUT2D eigenvalue weighted by Gasteiger charge is -2.23. The average Bonchev–Trinajstić information content (AvgIpc) is 2.43. The number of rotatable bonds is 8. The Morgan fingerprint density at radius 3 is 2.76 bits per heavy atom. The summed E-state index contributed by atoms with van der Waals surface area (Å²) in [6, 6.07) is 6.31. The molecule has 0 heterocycles. The van der Waals surface area contributed by atoms with Gasteiger partial charge in [0.15, 0.2) is 0 Å². The molecule has 0 saturated heterocycles. The molecule has 0 spiro atoms. The van der Waals surface area contributed by atoms with Crippen LogP contribution in [0, 0.1) is 22.6 Å². The van der Waals surface area contributed by atoms with Crippen LogP contribution >= 0.6 is 0 Å². The molecule has 0 fully saturated rings. The van der Waals surface area contributed by atoms with Crippen LogP contribution in [0.5, 0.6) is 0 Å². The Morgan fingerprint density at radius 1 is 1.43 bits per heavy atom. The highest BCUT2D eigenvalue weighted by Gasteiger charge is 2.18. The Kier molecular flexibility index (Phi) is 6.32. The Hall–Kier alpha value is -1.93. The summed E-state index contributed by atoms with van der Waals surface area (Å²) < 4.78 is 13.2. The minimum atomic E-state index is -0.772. The lowest BCUT2D eigenvalue weighted by atomic mass is 9.84. The molecule has 0 aliphatic rings. The first kappa shape index (κ1) is 17.1. The maximum atomic E-state index is 13.2. The van der Waals surface area contributed by atoms with Gasteiger partial charge in [-0.2, -0.15) is 5.26 Å². The molecule has 0 amide bonds. The van der Waals surface area contributed by atoms with E-state index < -0.39 is 11.8 Å². The van der Waals surface area contributed by atoms with Gasteiger partial charge in [-0.15, -0.1) is 0 Å². The Morgan fingerprint density at radius 2 is 2.14 bits per heavy atom. The molecule has 0 aromatic heterocycles. The van der Waals surface area contributed by atoms with Gasteiger partial charge in [0.2, 0.25) is 0 Å². The molecule has 0 radical (unpaired) electrons. The van der Waals surface area contributed by atoms with Crippen molar-refractivity contribution in [3.63, 3.8) is 0 Å². The molecule has 4 nitrogen and oxygen atoms in total. The van der Waals surface area contributed by atoms with Crippen molar-refractivity contribution in [3.05, 3.63) is 35.1 Å². The van der Waals surface area contributed by atoms with Gasteiger partial charge in [0.05, 0.1) is 5.56 Å². The highest BCUT2D eigenvalue weighted by Crippen LogP contribution is 2.26. The maximum absolute atomic E-state index is 13.2. The molecule has 2 N–H and O–H groups in total. The van der Waals surface area contributed by atoms with Crippen LogP contribution in [0.25, 0.3) is 0 Å². The Labute approximate surface area is 124 Å². The molecule has 0 aliphatic carbocycles. The number of carboxylic acids is 1. The first-order valence-electron chi connectivity index (χ1n) is 6.95. The zero-order valence-electron chi connectivity index (χ0n) is 12.4. The van der Waals surface area contributed by atoms with Gasteiger partial charge in [0.1, 0.15) is 11.9 Å². The highest BCUT2D eigenvalue weighted by molar-refractivity contribution is 5.66. The van der Waals surface area contributed by atoms with Crippen molar-refractivity contribution in [2.45, 2.75) is 39.7 Å². The van der Waals surface area contributed by atoms with Gasteiger partial charge in [0.25, 0.3) is 0 Å². The van der Waals surface area contributed by atoms with E-state index in [1.165, 1.54) is 12.1 Å². The van der Waals surface area contributed by atoms with Crippen molar-refractivity contribution < 1.29 is 14.3 Å². The predicted molar refractivity (Wildman–Crippen MR) is 78.1 cm³/mol. The van der Waals surface area contributed by atoms with E-state index in [0.717, 1.165) is 18.5 Å². The Bertz CT molecular complexity index is 536. The molecule has 0 unspecified atom stereocenters. The number of halogens is 1. The van der Waals surface area contributed by atoms with E-state index in [0.29, 0.717) is 13.0 Å². The molecule has 0 atom stereocenters. The van der Waals surface area contributed by atoms with Crippen LogP contribution in [-0.2, 0) is 11.3 Å². The van der Waals surface area contributed by atoms with Gasteiger partial charge in [-0.25, -0.2) is 4.39 Å². The second-order valence-corrected chi connectivity index (χ2v) is 5.91. The van der Waals surface area contributed by atoms with Crippen molar-refractivity contribution in [1.29, 1.82) is 5.26 Å². The molecule has 1 aromatic rings. The topological polar surface area (TPSA) is 73.1 Å². The quantitative estimate of drug-likeness (QED) is 0.722. The molecule has 1 rings (SSSR count). The van der Waals surface area contributed by atoms with Gasteiger partial charge in [-0.3, -0.25) is 4.79 Å². The minimum Gasteiger partial charge on any atom is -0.481 e. The van der Waals surface area contributed by atoms with Gasteiger partial charge in [-0.05, 0) is 42.5 Å². The van der Waals surface area contributed by atoms with E-state index in [2.05, 4.69) is 5.32 Å². The second-order valence-electron chi connectivity index (χ2n) is 5.91. The number of nitrogens with one attached hydrogen (secondary N) is 1. The third-order valence-electron chi connectivity index (χ3n) is 3.47. The minimum absolute atomic E-state index is 0.0357. The van der Waals surface area contributed by atoms with Crippen molar-refractivity contribution >= 4 is 5.97 Å². The van der Waals surface area contributed by atoms with Crippen LogP contribution in [0.4, 0.5) is 4.39 Å². The summed E-state index contributed by atoms with van der Waals surface area (Å²) in [5.41, 5.74) is 0.874. The fourth-order valence-electron chi connectivity index (χ4n) is 2.00. The summed E-state index contributed by atoms with van der Waals surface area (Å²) in [5, 5.41) is 20.7. The number of hydrogen-bond donors (Lipinski definition) is 2. The maximum Gasteiger partial charge on any atom is 0.303 e. The third-order valence-corrected chi connectivity index (χ3v) is 3.47. The van der Waals surface area contributed by atoms with Crippen LogP contribution in [0.15, 0.2) is 18.2 Å². The number of carbonyl (C=O) groups is 1. The van der Waals surface area contributed by atoms with E-state index in [4.69, 9.17) is 10.4 Å². The van der Waals surface area contributed by atoms with Crippen molar-refractivity contribution in [3.8, 4) is 6.07 Å². The zero-order chi connectivity index (χ0) is 15.9. The number of hydrogen-bond acceptors (Lipinski definition) is 3. The molecule has 0 saturated carbocycles. The normalized spacial score (nSPS) is 11.1. The summed E-state index contributed by atoms with van der Waals surface area (Å²) in [4.78, 5) is 10.6. The van der Waals surface area contributed by atoms with E-state index >= 15 is 0 Å². The molecule has 1 aromatic carbocycles.